The number of thioether (sulfide) groups is 1. The molecule has 1 saturated heterocycles. The average Bonchev–Trinajstić information content (AvgIpc) is 3.40. The maximum absolute atomic E-state index is 11.9. The number of benzene rings is 2. The number of hydrogen-bond acceptors (Lipinski definition) is 8. The van der Waals surface area contributed by atoms with Gasteiger partial charge in [0.15, 0.2) is 11.4 Å². The van der Waals surface area contributed by atoms with Gasteiger partial charge in [0.25, 0.3) is 0 Å². The highest BCUT2D eigenvalue weighted by atomic mass is 32.2. The Morgan fingerprint density at radius 2 is 2.12 bits per heavy atom. The topological polar surface area (TPSA) is 119 Å². The molecule has 2 aromatic carbocycles. The zero-order chi connectivity index (χ0) is 23.8. The Morgan fingerprint density at radius 3 is 2.85 bits per heavy atom. The van der Waals surface area contributed by atoms with Gasteiger partial charge in [-0.15, -0.1) is 0 Å². The van der Waals surface area contributed by atoms with Crippen molar-refractivity contribution in [2.45, 2.75) is 36.7 Å². The number of aliphatic hydroxyl groups excluding tert-OH is 1. The molecule has 0 unspecified atom stereocenters. The summed E-state index contributed by atoms with van der Waals surface area (Å²) in [6, 6.07) is 15.0. The Hall–Kier alpha value is -3.18. The number of hydrogen-bond donors (Lipinski definition) is 3. The highest BCUT2D eigenvalue weighted by Gasteiger charge is 2.32. The molecule has 1 aromatic heterocycles. The Morgan fingerprint density at radius 1 is 1.26 bits per heavy atom. The molecule has 34 heavy (non-hydrogen) atoms. The molecule has 3 N–H and O–H groups in total. The first-order chi connectivity index (χ1) is 16.6. The maximum Gasteiger partial charge on any atom is 0.411 e. The monoisotopic (exact) mass is 482 g/mol. The molecule has 0 aliphatic carbocycles. The van der Waals surface area contributed by atoms with Gasteiger partial charge in [-0.25, -0.2) is 9.78 Å². The number of aromatic nitrogens is 3. The number of nitrogens with zero attached hydrogens (tertiary/aromatic N) is 2. The van der Waals surface area contributed by atoms with Crippen LogP contribution in [-0.2, 0) is 20.8 Å². The summed E-state index contributed by atoms with van der Waals surface area (Å²) >= 11 is 1.53. The molecule has 10 heteroatoms. The lowest BCUT2D eigenvalue weighted by Crippen LogP contribution is -2.31. The van der Waals surface area contributed by atoms with Gasteiger partial charge >= 0.3 is 6.09 Å². The summed E-state index contributed by atoms with van der Waals surface area (Å²) in [6.07, 6.45) is 2.10. The fourth-order valence-electron chi connectivity index (χ4n) is 3.51. The molecule has 0 radical (unpaired) electrons. The van der Waals surface area contributed by atoms with Crippen LogP contribution < -0.4 is 5.32 Å². The number of carbonyl (C=O) groups is 1. The minimum absolute atomic E-state index is 0.0109. The Kier molecular flexibility index (Phi) is 8.31. The molecule has 0 bridgehead atoms. The van der Waals surface area contributed by atoms with Crippen LogP contribution in [0.1, 0.15) is 35.5 Å². The Labute approximate surface area is 201 Å². The quantitative estimate of drug-likeness (QED) is 0.304. The number of amides is 1. The van der Waals surface area contributed by atoms with Crippen LogP contribution in [0.5, 0.6) is 0 Å². The van der Waals surface area contributed by atoms with Crippen molar-refractivity contribution in [3.63, 3.8) is 0 Å². The second-order valence-electron chi connectivity index (χ2n) is 7.59. The van der Waals surface area contributed by atoms with Crippen molar-refractivity contribution in [1.29, 1.82) is 0 Å². The van der Waals surface area contributed by atoms with E-state index in [2.05, 4.69) is 27.1 Å². The van der Waals surface area contributed by atoms with E-state index in [1.807, 2.05) is 36.4 Å². The van der Waals surface area contributed by atoms with Crippen molar-refractivity contribution < 1.29 is 24.1 Å². The molecule has 1 amide bonds. The minimum Gasteiger partial charge on any atom is -0.445 e. The van der Waals surface area contributed by atoms with E-state index >= 15 is 0 Å². The second kappa shape index (κ2) is 11.8. The lowest BCUT2D eigenvalue weighted by Gasteiger charge is -2.36. The lowest BCUT2D eigenvalue weighted by atomic mass is 10.0. The molecule has 178 valence electrons. The van der Waals surface area contributed by atoms with Crippen LogP contribution in [0.25, 0.3) is 0 Å². The zero-order valence-electron chi connectivity index (χ0n) is 18.4. The highest BCUT2D eigenvalue weighted by Crippen LogP contribution is 2.39. The van der Waals surface area contributed by atoms with Crippen molar-refractivity contribution in [3.8, 4) is 0 Å². The Balaban J connectivity index is 1.51. The number of H-pyrrole nitrogens is 1. The SMILES string of the molecule is C=CCOC(=O)Nc1cccc([C@@H]2O[C@H](CSc3ncn[nH]3)C[C@H](c3ccc(CO)cc3)O2)c1. The summed E-state index contributed by atoms with van der Waals surface area (Å²) in [5.41, 5.74) is 3.18. The molecule has 1 aliphatic rings. The van der Waals surface area contributed by atoms with Gasteiger partial charge in [-0.3, -0.25) is 10.4 Å². The molecular weight excluding hydrogens is 456 g/mol. The molecule has 0 spiro atoms. The van der Waals surface area contributed by atoms with Gasteiger partial charge in [-0.1, -0.05) is 60.8 Å². The largest absolute Gasteiger partial charge is 0.445 e. The minimum atomic E-state index is -0.637. The van der Waals surface area contributed by atoms with E-state index in [1.165, 1.54) is 24.2 Å². The van der Waals surface area contributed by atoms with E-state index in [0.29, 0.717) is 17.9 Å². The number of nitrogens with one attached hydrogen (secondary N) is 2. The van der Waals surface area contributed by atoms with E-state index in [9.17, 15) is 9.90 Å². The summed E-state index contributed by atoms with van der Waals surface area (Å²) < 4.78 is 17.6. The maximum atomic E-state index is 11.9. The Bertz CT molecular complexity index is 1080. The van der Waals surface area contributed by atoms with Gasteiger partial charge in [0.05, 0.1) is 18.8 Å². The van der Waals surface area contributed by atoms with Crippen molar-refractivity contribution in [3.05, 3.63) is 84.2 Å². The number of ether oxygens (including phenoxy) is 3. The van der Waals surface area contributed by atoms with Crippen LogP contribution in [0.2, 0.25) is 0 Å². The molecule has 2 heterocycles. The van der Waals surface area contributed by atoms with Gasteiger partial charge < -0.3 is 19.3 Å². The first-order valence-corrected chi connectivity index (χ1v) is 11.8. The van der Waals surface area contributed by atoms with Crippen LogP contribution in [-0.4, -0.2) is 44.8 Å². The number of anilines is 1. The number of aliphatic hydroxyl groups is 1. The summed E-state index contributed by atoms with van der Waals surface area (Å²) in [5.74, 6) is 0.659. The first kappa shape index (κ1) is 24.0. The highest BCUT2D eigenvalue weighted by molar-refractivity contribution is 7.99. The molecule has 3 atom stereocenters. The second-order valence-corrected chi connectivity index (χ2v) is 8.60. The van der Waals surface area contributed by atoms with Crippen molar-refractivity contribution >= 4 is 23.5 Å². The first-order valence-electron chi connectivity index (χ1n) is 10.8. The third-order valence-electron chi connectivity index (χ3n) is 5.15. The summed E-state index contributed by atoms with van der Waals surface area (Å²) in [4.78, 5) is 16.1. The molecule has 4 rings (SSSR count). The summed E-state index contributed by atoms with van der Waals surface area (Å²) in [7, 11) is 0. The number of carbonyl (C=O) groups excluding carboxylic acids is 1. The third-order valence-corrected chi connectivity index (χ3v) is 6.16. The van der Waals surface area contributed by atoms with Crippen LogP contribution in [0.4, 0.5) is 10.5 Å². The van der Waals surface area contributed by atoms with Gasteiger partial charge in [-0.05, 0) is 23.3 Å². The van der Waals surface area contributed by atoms with Crippen LogP contribution >= 0.6 is 11.8 Å². The van der Waals surface area contributed by atoms with E-state index in [-0.39, 0.29) is 25.4 Å². The predicted octanol–water partition coefficient (Wildman–Crippen LogP) is 4.37. The number of rotatable bonds is 9. The molecule has 1 aliphatic heterocycles. The van der Waals surface area contributed by atoms with Crippen LogP contribution in [0.15, 0.2) is 72.7 Å². The van der Waals surface area contributed by atoms with Crippen LogP contribution in [0, 0.1) is 0 Å². The van der Waals surface area contributed by atoms with E-state index in [0.717, 1.165) is 21.8 Å². The lowest BCUT2D eigenvalue weighted by molar-refractivity contribution is -0.245. The zero-order valence-corrected chi connectivity index (χ0v) is 19.2. The smallest absolute Gasteiger partial charge is 0.411 e. The normalized spacial score (nSPS) is 20.0. The van der Waals surface area contributed by atoms with Gasteiger partial charge in [0.1, 0.15) is 12.9 Å². The van der Waals surface area contributed by atoms with Crippen LogP contribution in [0.3, 0.4) is 0 Å². The van der Waals surface area contributed by atoms with Crippen molar-refractivity contribution in [2.24, 2.45) is 0 Å². The van der Waals surface area contributed by atoms with E-state index in [4.69, 9.17) is 14.2 Å². The summed E-state index contributed by atoms with van der Waals surface area (Å²) in [5, 5.41) is 19.5. The third kappa shape index (κ3) is 6.45. The van der Waals surface area contributed by atoms with Crippen molar-refractivity contribution in [1.82, 2.24) is 15.2 Å². The predicted molar refractivity (Wildman–Crippen MR) is 127 cm³/mol. The molecule has 9 nitrogen and oxygen atoms in total. The van der Waals surface area contributed by atoms with Gasteiger partial charge in [0.2, 0.25) is 0 Å². The molecule has 0 saturated carbocycles. The standard InChI is InChI=1S/C24H26N4O5S/c1-2-10-31-24(30)27-19-5-3-4-18(11-19)22-32-20(14-34-23-25-15-26-28-23)12-21(33-22)17-8-6-16(13-29)7-9-17/h2-9,11,15,20-22,29H,1,10,12-14H2,(H,27,30)(H,25,26,28)/t20-,21+,22+/m0/s1. The van der Waals surface area contributed by atoms with Crippen molar-refractivity contribution in [2.75, 3.05) is 17.7 Å². The summed E-state index contributed by atoms with van der Waals surface area (Å²) in [6.45, 7) is 3.65. The fraction of sp³-hybridized carbons (Fsp3) is 0.292. The number of aromatic amines is 1. The van der Waals surface area contributed by atoms with E-state index < -0.39 is 12.4 Å². The molecule has 1 fully saturated rings. The fourth-order valence-corrected chi connectivity index (χ4v) is 4.31. The average molecular weight is 483 g/mol. The molecular formula is C24H26N4O5S. The van der Waals surface area contributed by atoms with E-state index in [1.54, 1.807) is 12.1 Å². The van der Waals surface area contributed by atoms with Gasteiger partial charge in [0, 0.05) is 23.4 Å². The van der Waals surface area contributed by atoms with Gasteiger partial charge in [-0.2, -0.15) is 5.10 Å². The molecule has 3 aromatic rings.